The van der Waals surface area contributed by atoms with E-state index in [1.807, 2.05) is 12.1 Å². The predicted molar refractivity (Wildman–Crippen MR) is 121 cm³/mol. The van der Waals surface area contributed by atoms with Crippen molar-refractivity contribution in [2.45, 2.75) is 51.6 Å². The van der Waals surface area contributed by atoms with Crippen LogP contribution in [0.4, 0.5) is 5.69 Å². The molecule has 1 fully saturated rings. The van der Waals surface area contributed by atoms with Crippen LogP contribution in [0.25, 0.3) is 10.9 Å². The first-order chi connectivity index (χ1) is 15.2. The van der Waals surface area contributed by atoms with Gasteiger partial charge in [-0.05, 0) is 57.7 Å². The molecule has 0 amide bonds. The zero-order valence-electron chi connectivity index (χ0n) is 18.6. The van der Waals surface area contributed by atoms with Crippen molar-refractivity contribution in [1.29, 1.82) is 0 Å². The van der Waals surface area contributed by atoms with Gasteiger partial charge in [-0.1, -0.05) is 6.92 Å². The maximum atomic E-state index is 11.0. The van der Waals surface area contributed by atoms with Crippen LogP contribution < -0.4 is 14.8 Å². The standard InChI is InChI=1S/C24H33N3O4/c1-3-9-25-24-17-14-21(29-2)22(30-13-6-12-27-10-4-5-11-27)15-19(17)26-18-7-8-20(23(18)24)31-16-28/h14-16,20H,3-13H2,1-2H3,(H,25,26). The Morgan fingerprint density at radius 2 is 2.10 bits per heavy atom. The lowest BCUT2D eigenvalue weighted by molar-refractivity contribution is -0.133. The molecular formula is C24H33N3O4. The van der Waals surface area contributed by atoms with Crippen LogP contribution in [0.5, 0.6) is 11.5 Å². The van der Waals surface area contributed by atoms with Gasteiger partial charge in [0.2, 0.25) is 0 Å². The third-order valence-electron chi connectivity index (χ3n) is 6.20. The Morgan fingerprint density at radius 3 is 2.84 bits per heavy atom. The number of hydrogen-bond acceptors (Lipinski definition) is 7. The molecule has 168 valence electrons. The summed E-state index contributed by atoms with van der Waals surface area (Å²) in [6, 6.07) is 3.97. The maximum Gasteiger partial charge on any atom is 0.293 e. The molecule has 1 aromatic heterocycles. The smallest absolute Gasteiger partial charge is 0.293 e. The van der Waals surface area contributed by atoms with Gasteiger partial charge in [-0.3, -0.25) is 9.78 Å². The second-order valence-electron chi connectivity index (χ2n) is 8.30. The summed E-state index contributed by atoms with van der Waals surface area (Å²) < 4.78 is 17.1. The average molecular weight is 428 g/mol. The summed E-state index contributed by atoms with van der Waals surface area (Å²) in [6.45, 7) is 7.63. The van der Waals surface area contributed by atoms with E-state index in [4.69, 9.17) is 19.2 Å². The van der Waals surface area contributed by atoms with E-state index in [9.17, 15) is 4.79 Å². The first-order valence-corrected chi connectivity index (χ1v) is 11.5. The molecule has 0 spiro atoms. The van der Waals surface area contributed by atoms with E-state index in [0.29, 0.717) is 18.8 Å². The molecule has 0 saturated carbocycles. The van der Waals surface area contributed by atoms with Crippen molar-refractivity contribution in [3.63, 3.8) is 0 Å². The van der Waals surface area contributed by atoms with Gasteiger partial charge < -0.3 is 24.4 Å². The number of anilines is 1. The van der Waals surface area contributed by atoms with Gasteiger partial charge in [-0.15, -0.1) is 0 Å². The Morgan fingerprint density at radius 1 is 1.26 bits per heavy atom. The molecule has 0 bridgehead atoms. The summed E-state index contributed by atoms with van der Waals surface area (Å²) in [4.78, 5) is 18.4. The van der Waals surface area contributed by atoms with Crippen LogP contribution in [-0.4, -0.2) is 56.3 Å². The monoisotopic (exact) mass is 427 g/mol. The van der Waals surface area contributed by atoms with Crippen LogP contribution in [0.15, 0.2) is 12.1 Å². The number of methoxy groups -OCH3 is 1. The van der Waals surface area contributed by atoms with Crippen molar-refractivity contribution in [2.24, 2.45) is 0 Å². The van der Waals surface area contributed by atoms with Gasteiger partial charge in [0, 0.05) is 30.1 Å². The molecule has 2 aromatic rings. The van der Waals surface area contributed by atoms with Crippen molar-refractivity contribution in [3.05, 3.63) is 23.4 Å². The molecule has 1 aliphatic carbocycles. The van der Waals surface area contributed by atoms with E-state index >= 15 is 0 Å². The fourth-order valence-electron chi connectivity index (χ4n) is 4.68. The number of nitrogens with one attached hydrogen (secondary N) is 1. The number of hydrogen-bond donors (Lipinski definition) is 1. The van der Waals surface area contributed by atoms with Crippen LogP contribution in [0.3, 0.4) is 0 Å². The van der Waals surface area contributed by atoms with E-state index in [1.54, 1.807) is 7.11 Å². The third-order valence-corrected chi connectivity index (χ3v) is 6.20. The number of aryl methyl sites for hydroxylation is 1. The number of ether oxygens (including phenoxy) is 3. The van der Waals surface area contributed by atoms with Gasteiger partial charge in [-0.2, -0.15) is 0 Å². The molecule has 7 heteroatoms. The van der Waals surface area contributed by atoms with E-state index in [1.165, 1.54) is 25.9 Å². The van der Waals surface area contributed by atoms with Crippen molar-refractivity contribution in [3.8, 4) is 11.5 Å². The predicted octanol–water partition coefficient (Wildman–Crippen LogP) is 4.09. The lowest BCUT2D eigenvalue weighted by Crippen LogP contribution is -2.21. The van der Waals surface area contributed by atoms with Crippen LogP contribution in [-0.2, 0) is 16.0 Å². The molecule has 7 nitrogen and oxygen atoms in total. The van der Waals surface area contributed by atoms with Gasteiger partial charge in [0.25, 0.3) is 6.47 Å². The minimum absolute atomic E-state index is 0.253. The Kier molecular flexibility index (Phi) is 7.12. The zero-order chi connectivity index (χ0) is 21.6. The van der Waals surface area contributed by atoms with Crippen molar-refractivity contribution in [1.82, 2.24) is 9.88 Å². The summed E-state index contributed by atoms with van der Waals surface area (Å²) in [7, 11) is 1.66. The molecule has 4 rings (SSSR count). The molecular weight excluding hydrogens is 394 g/mol. The van der Waals surface area contributed by atoms with Crippen molar-refractivity contribution >= 4 is 23.1 Å². The van der Waals surface area contributed by atoms with E-state index in [-0.39, 0.29) is 6.10 Å². The van der Waals surface area contributed by atoms with Gasteiger partial charge in [-0.25, -0.2) is 0 Å². The quantitative estimate of drug-likeness (QED) is 0.428. The molecule has 1 aliphatic heterocycles. The van der Waals surface area contributed by atoms with Crippen LogP contribution in [0.2, 0.25) is 0 Å². The summed E-state index contributed by atoms with van der Waals surface area (Å²) in [5.74, 6) is 1.42. The van der Waals surface area contributed by atoms with Gasteiger partial charge >= 0.3 is 0 Å². The normalized spacial score (nSPS) is 18.2. The SMILES string of the molecule is CCCNc1c2c(nc3cc(OCCCN4CCCC4)c(OC)cc13)CCC2OC=O. The summed E-state index contributed by atoms with van der Waals surface area (Å²) >= 11 is 0. The molecule has 1 N–H and O–H groups in total. The fourth-order valence-corrected chi connectivity index (χ4v) is 4.68. The largest absolute Gasteiger partial charge is 0.493 e. The number of pyridine rings is 1. The third kappa shape index (κ3) is 4.71. The summed E-state index contributed by atoms with van der Waals surface area (Å²) in [5, 5.41) is 4.51. The highest BCUT2D eigenvalue weighted by Crippen LogP contribution is 2.44. The number of carbonyl (C=O) groups excluding carboxylic acids is 1. The molecule has 31 heavy (non-hydrogen) atoms. The fraction of sp³-hybridized carbons (Fsp3) is 0.583. The van der Waals surface area contributed by atoms with Gasteiger partial charge in [0.15, 0.2) is 11.5 Å². The number of rotatable bonds is 11. The topological polar surface area (TPSA) is 72.9 Å². The highest BCUT2D eigenvalue weighted by Gasteiger charge is 2.30. The number of likely N-dealkylation sites (tertiary alicyclic amines) is 1. The molecule has 1 atom stereocenters. The number of fused-ring (bicyclic) bond motifs is 2. The average Bonchev–Trinajstić information content (AvgIpc) is 3.44. The number of nitrogens with zero attached hydrogens (tertiary/aromatic N) is 2. The zero-order valence-corrected chi connectivity index (χ0v) is 18.6. The summed E-state index contributed by atoms with van der Waals surface area (Å²) in [6.07, 6.45) is 5.90. The molecule has 0 radical (unpaired) electrons. The van der Waals surface area contributed by atoms with E-state index in [0.717, 1.165) is 72.4 Å². The molecule has 1 saturated heterocycles. The number of carbonyl (C=O) groups is 1. The number of benzene rings is 1. The Balaban J connectivity index is 1.61. The molecule has 1 aromatic carbocycles. The summed E-state index contributed by atoms with van der Waals surface area (Å²) in [5.41, 5.74) is 3.85. The maximum absolute atomic E-state index is 11.0. The second kappa shape index (κ2) is 10.2. The lowest BCUT2D eigenvalue weighted by atomic mass is 10.0. The second-order valence-corrected chi connectivity index (χ2v) is 8.30. The molecule has 1 unspecified atom stereocenters. The van der Waals surface area contributed by atoms with Crippen LogP contribution in [0.1, 0.15) is 56.4 Å². The highest BCUT2D eigenvalue weighted by molar-refractivity contribution is 5.96. The molecule has 2 heterocycles. The van der Waals surface area contributed by atoms with Gasteiger partial charge in [0.1, 0.15) is 6.10 Å². The van der Waals surface area contributed by atoms with Crippen molar-refractivity contribution < 1.29 is 19.0 Å². The van der Waals surface area contributed by atoms with Crippen LogP contribution in [0, 0.1) is 0 Å². The first kappa shape index (κ1) is 21.7. The van der Waals surface area contributed by atoms with Gasteiger partial charge in [0.05, 0.1) is 30.6 Å². The lowest BCUT2D eigenvalue weighted by Gasteiger charge is -2.20. The Hall–Kier alpha value is -2.54. The highest BCUT2D eigenvalue weighted by atomic mass is 16.5. The Labute approximate surface area is 184 Å². The minimum atomic E-state index is -0.253. The number of aromatic nitrogens is 1. The van der Waals surface area contributed by atoms with Crippen molar-refractivity contribution in [2.75, 3.05) is 45.2 Å². The van der Waals surface area contributed by atoms with E-state index in [2.05, 4.69) is 17.1 Å². The first-order valence-electron chi connectivity index (χ1n) is 11.5. The van der Waals surface area contributed by atoms with Crippen LogP contribution >= 0.6 is 0 Å². The van der Waals surface area contributed by atoms with E-state index < -0.39 is 0 Å². The Bertz CT molecular complexity index is 912. The minimum Gasteiger partial charge on any atom is -0.493 e. The molecule has 2 aliphatic rings.